The average molecular weight is 380 g/mol. The zero-order chi connectivity index (χ0) is 20.2. The van der Waals surface area contributed by atoms with Gasteiger partial charge < -0.3 is 10.1 Å². The molecule has 2 N–H and O–H groups in total. The molecule has 0 radical (unpaired) electrons. The van der Waals surface area contributed by atoms with Crippen LogP contribution in [-0.2, 0) is 10.9 Å². The highest BCUT2D eigenvalue weighted by atomic mass is 19.4. The first kappa shape index (κ1) is 20.3. The maximum Gasteiger partial charge on any atom is 0.416 e. The van der Waals surface area contributed by atoms with Gasteiger partial charge >= 0.3 is 12.3 Å². The van der Waals surface area contributed by atoms with Crippen molar-refractivity contribution in [2.75, 3.05) is 10.6 Å². The van der Waals surface area contributed by atoms with Crippen LogP contribution in [0.1, 0.15) is 36.7 Å². The first-order chi connectivity index (χ1) is 12.4. The van der Waals surface area contributed by atoms with Crippen LogP contribution < -0.4 is 10.6 Å². The second kappa shape index (κ2) is 7.69. The lowest BCUT2D eigenvalue weighted by atomic mass is 10.1. The number of hydrogen-bond acceptors (Lipinski definition) is 3. The van der Waals surface area contributed by atoms with Crippen molar-refractivity contribution in [1.29, 1.82) is 0 Å². The lowest BCUT2D eigenvalue weighted by molar-refractivity contribution is -0.137. The van der Waals surface area contributed by atoms with Gasteiger partial charge in [0, 0.05) is 16.9 Å². The van der Waals surface area contributed by atoms with Crippen LogP contribution in [0.5, 0.6) is 0 Å². The predicted octanol–water partition coefficient (Wildman–Crippen LogP) is 5.30. The molecule has 2 aromatic carbocycles. The van der Waals surface area contributed by atoms with E-state index in [-0.39, 0.29) is 11.3 Å². The Balaban J connectivity index is 2.10. The molecule has 2 rings (SSSR count). The minimum absolute atomic E-state index is 0.0142. The summed E-state index contributed by atoms with van der Waals surface area (Å²) >= 11 is 0. The number of anilines is 2. The van der Waals surface area contributed by atoms with Gasteiger partial charge in [-0.2, -0.15) is 13.2 Å². The van der Waals surface area contributed by atoms with E-state index in [0.29, 0.717) is 5.69 Å². The summed E-state index contributed by atoms with van der Waals surface area (Å²) in [7, 11) is 0. The lowest BCUT2D eigenvalue weighted by Crippen LogP contribution is -2.27. The van der Waals surface area contributed by atoms with Crippen molar-refractivity contribution in [3.8, 4) is 0 Å². The van der Waals surface area contributed by atoms with Crippen LogP contribution in [0.15, 0.2) is 48.5 Å². The van der Waals surface area contributed by atoms with Gasteiger partial charge in [0.15, 0.2) is 0 Å². The fourth-order valence-corrected chi connectivity index (χ4v) is 2.14. The number of carbonyl (C=O) groups is 2. The second-order valence-electron chi connectivity index (χ2n) is 6.74. The van der Waals surface area contributed by atoms with Gasteiger partial charge in [0.2, 0.25) is 0 Å². The number of amides is 2. The molecular weight excluding hydrogens is 361 g/mol. The molecule has 2 aromatic rings. The van der Waals surface area contributed by atoms with E-state index in [4.69, 9.17) is 4.74 Å². The Kier molecular flexibility index (Phi) is 5.78. The summed E-state index contributed by atoms with van der Waals surface area (Å²) in [5.41, 5.74) is -1.04. The number of ether oxygens (including phenoxy) is 1. The molecule has 144 valence electrons. The minimum atomic E-state index is -4.50. The fraction of sp³-hybridized carbons (Fsp3) is 0.263. The van der Waals surface area contributed by atoms with Gasteiger partial charge in [-0.3, -0.25) is 10.1 Å². The molecule has 0 saturated carbocycles. The molecule has 27 heavy (non-hydrogen) atoms. The van der Waals surface area contributed by atoms with E-state index in [1.54, 1.807) is 26.8 Å². The molecule has 0 aliphatic carbocycles. The fourth-order valence-electron chi connectivity index (χ4n) is 2.14. The third-order valence-corrected chi connectivity index (χ3v) is 3.22. The normalized spacial score (nSPS) is 11.6. The lowest BCUT2D eigenvalue weighted by Gasteiger charge is -2.19. The van der Waals surface area contributed by atoms with Gasteiger partial charge in [0.05, 0.1) is 5.56 Å². The molecule has 0 bridgehead atoms. The van der Waals surface area contributed by atoms with Gasteiger partial charge in [0.25, 0.3) is 5.91 Å². The number of carbonyl (C=O) groups excluding carboxylic acids is 2. The molecular formula is C19H19F3N2O3. The highest BCUT2D eigenvalue weighted by Gasteiger charge is 2.30. The third-order valence-electron chi connectivity index (χ3n) is 3.22. The van der Waals surface area contributed by atoms with E-state index < -0.39 is 29.3 Å². The van der Waals surface area contributed by atoms with Crippen molar-refractivity contribution in [1.82, 2.24) is 0 Å². The summed E-state index contributed by atoms with van der Waals surface area (Å²) in [5, 5.41) is 4.90. The van der Waals surface area contributed by atoms with Gasteiger partial charge in [-0.25, -0.2) is 4.79 Å². The van der Waals surface area contributed by atoms with Crippen molar-refractivity contribution in [3.05, 3.63) is 59.7 Å². The van der Waals surface area contributed by atoms with Crippen LogP contribution in [-0.4, -0.2) is 17.6 Å². The molecule has 0 unspecified atom stereocenters. The Morgan fingerprint density at radius 3 is 2.07 bits per heavy atom. The van der Waals surface area contributed by atoms with Crippen LogP contribution in [0.3, 0.4) is 0 Å². The Labute approximate surface area is 154 Å². The molecule has 0 aromatic heterocycles. The predicted molar refractivity (Wildman–Crippen MR) is 95.7 cm³/mol. The van der Waals surface area contributed by atoms with Crippen molar-refractivity contribution < 1.29 is 27.5 Å². The van der Waals surface area contributed by atoms with Crippen LogP contribution in [0.4, 0.5) is 29.3 Å². The molecule has 8 heteroatoms. The van der Waals surface area contributed by atoms with E-state index in [9.17, 15) is 22.8 Å². The maximum atomic E-state index is 12.8. The van der Waals surface area contributed by atoms with E-state index in [2.05, 4.69) is 10.6 Å². The molecule has 0 aliphatic heterocycles. The van der Waals surface area contributed by atoms with Crippen molar-refractivity contribution in [2.45, 2.75) is 32.5 Å². The van der Waals surface area contributed by atoms with Crippen molar-refractivity contribution in [3.63, 3.8) is 0 Å². The Morgan fingerprint density at radius 1 is 0.889 bits per heavy atom. The van der Waals surface area contributed by atoms with Crippen molar-refractivity contribution >= 4 is 23.4 Å². The molecule has 0 atom stereocenters. The largest absolute Gasteiger partial charge is 0.444 e. The summed E-state index contributed by atoms with van der Waals surface area (Å²) in [4.78, 5) is 24.1. The molecule has 0 spiro atoms. The summed E-state index contributed by atoms with van der Waals surface area (Å²) < 4.78 is 43.4. The SMILES string of the molecule is CC(C)(C)OC(=O)Nc1cccc(C(=O)Nc2cccc(C(F)(F)F)c2)c1. The van der Waals surface area contributed by atoms with Crippen LogP contribution in [0, 0.1) is 0 Å². The number of benzene rings is 2. The van der Waals surface area contributed by atoms with Crippen LogP contribution in [0.25, 0.3) is 0 Å². The molecule has 0 heterocycles. The van der Waals surface area contributed by atoms with E-state index in [0.717, 1.165) is 12.1 Å². The summed E-state index contributed by atoms with van der Waals surface area (Å²) in [6.07, 6.45) is -5.18. The first-order valence-corrected chi connectivity index (χ1v) is 8.03. The van der Waals surface area contributed by atoms with Crippen LogP contribution >= 0.6 is 0 Å². The third kappa shape index (κ3) is 6.32. The number of halogens is 3. The van der Waals surface area contributed by atoms with Gasteiger partial charge in [-0.15, -0.1) is 0 Å². The Bertz CT molecular complexity index is 843. The standard InChI is InChI=1S/C19H19F3N2O3/c1-18(2,3)27-17(26)24-14-8-4-6-12(10-14)16(25)23-15-9-5-7-13(11-15)19(20,21)22/h4-11H,1-3H3,(H,23,25)(H,24,26). The van der Waals surface area contributed by atoms with Gasteiger partial charge in [-0.05, 0) is 57.2 Å². The molecule has 2 amide bonds. The summed E-state index contributed by atoms with van der Waals surface area (Å²) in [6.45, 7) is 5.14. The Hall–Kier alpha value is -3.03. The van der Waals surface area contributed by atoms with E-state index >= 15 is 0 Å². The van der Waals surface area contributed by atoms with Crippen molar-refractivity contribution in [2.24, 2.45) is 0 Å². The van der Waals surface area contributed by atoms with E-state index in [1.807, 2.05) is 0 Å². The maximum absolute atomic E-state index is 12.8. The highest BCUT2D eigenvalue weighted by molar-refractivity contribution is 6.05. The van der Waals surface area contributed by atoms with Crippen LogP contribution in [0.2, 0.25) is 0 Å². The number of rotatable bonds is 3. The zero-order valence-electron chi connectivity index (χ0n) is 15.0. The number of hydrogen-bond donors (Lipinski definition) is 2. The van der Waals surface area contributed by atoms with Gasteiger partial charge in [-0.1, -0.05) is 12.1 Å². The monoisotopic (exact) mass is 380 g/mol. The summed E-state index contributed by atoms with van der Waals surface area (Å²) in [5.74, 6) is -0.609. The number of alkyl halides is 3. The molecule has 0 aliphatic rings. The molecule has 5 nitrogen and oxygen atoms in total. The highest BCUT2D eigenvalue weighted by Crippen LogP contribution is 2.30. The van der Waals surface area contributed by atoms with Gasteiger partial charge in [0.1, 0.15) is 5.60 Å². The Morgan fingerprint density at radius 2 is 1.48 bits per heavy atom. The second-order valence-corrected chi connectivity index (χ2v) is 6.74. The average Bonchev–Trinajstić information content (AvgIpc) is 2.52. The molecule has 0 saturated heterocycles. The summed E-state index contributed by atoms with van der Waals surface area (Å²) in [6, 6.07) is 10.3. The topological polar surface area (TPSA) is 67.4 Å². The zero-order valence-corrected chi connectivity index (χ0v) is 15.0. The van der Waals surface area contributed by atoms with E-state index in [1.165, 1.54) is 30.3 Å². The quantitative estimate of drug-likeness (QED) is 0.759. The molecule has 0 fully saturated rings. The smallest absolute Gasteiger partial charge is 0.416 e. The number of nitrogens with one attached hydrogen (secondary N) is 2. The minimum Gasteiger partial charge on any atom is -0.444 e. The first-order valence-electron chi connectivity index (χ1n) is 8.03.